The molecule has 6 nitrogen and oxygen atoms in total. The minimum atomic E-state index is -2.92. The molecule has 0 bridgehead atoms. The zero-order valence-corrected chi connectivity index (χ0v) is 14.9. The van der Waals surface area contributed by atoms with E-state index < -0.39 is 6.61 Å². The van der Waals surface area contributed by atoms with E-state index in [1.54, 1.807) is 29.2 Å². The molecule has 0 unspecified atom stereocenters. The molecule has 1 aromatic carbocycles. The van der Waals surface area contributed by atoms with Gasteiger partial charge in [-0.05, 0) is 12.1 Å². The largest absolute Gasteiger partial charge is 0.434 e. The van der Waals surface area contributed by atoms with Crippen molar-refractivity contribution in [2.75, 3.05) is 39.3 Å². The SMILES string of the molecule is C=CCNC(=O)CN1CCN(C(=O)/C=C/c2ccccc2OC(F)F)CC1. The zero-order valence-electron chi connectivity index (χ0n) is 14.9. The van der Waals surface area contributed by atoms with Crippen LogP contribution in [0.1, 0.15) is 5.56 Å². The van der Waals surface area contributed by atoms with Gasteiger partial charge in [-0.2, -0.15) is 8.78 Å². The number of carbonyl (C=O) groups excluding carboxylic acids is 2. The smallest absolute Gasteiger partial charge is 0.387 e. The molecule has 1 fully saturated rings. The number of carbonyl (C=O) groups is 2. The van der Waals surface area contributed by atoms with E-state index in [1.165, 1.54) is 18.2 Å². The van der Waals surface area contributed by atoms with Gasteiger partial charge in [-0.3, -0.25) is 14.5 Å². The third kappa shape index (κ3) is 6.82. The fourth-order valence-corrected chi connectivity index (χ4v) is 2.66. The van der Waals surface area contributed by atoms with E-state index in [2.05, 4.69) is 16.6 Å². The van der Waals surface area contributed by atoms with Crippen LogP contribution >= 0.6 is 0 Å². The van der Waals surface area contributed by atoms with Gasteiger partial charge in [0.15, 0.2) is 0 Å². The number of nitrogens with one attached hydrogen (secondary N) is 1. The Hall–Kier alpha value is -2.74. The minimum absolute atomic E-state index is 0.0203. The molecular weight excluding hydrogens is 356 g/mol. The molecule has 0 saturated carbocycles. The van der Waals surface area contributed by atoms with Crippen LogP contribution in [0.4, 0.5) is 8.78 Å². The summed E-state index contributed by atoms with van der Waals surface area (Å²) in [5, 5.41) is 2.72. The van der Waals surface area contributed by atoms with Crippen molar-refractivity contribution in [3.05, 3.63) is 48.6 Å². The maximum Gasteiger partial charge on any atom is 0.387 e. The first-order valence-electron chi connectivity index (χ1n) is 8.60. The lowest BCUT2D eigenvalue weighted by atomic mass is 10.2. The fraction of sp³-hybridized carbons (Fsp3) is 0.368. The summed E-state index contributed by atoms with van der Waals surface area (Å²) in [6.45, 7) is 3.50. The van der Waals surface area contributed by atoms with Gasteiger partial charge in [0, 0.05) is 44.4 Å². The summed E-state index contributed by atoms with van der Waals surface area (Å²) in [4.78, 5) is 27.6. The standard InChI is InChI=1S/C19H23F2N3O3/c1-2-9-22-17(25)14-23-10-12-24(13-11-23)18(26)8-7-15-5-3-4-6-16(15)27-19(20)21/h2-8,19H,1,9-14H2,(H,22,25)/b8-7+. The summed E-state index contributed by atoms with van der Waals surface area (Å²) < 4.78 is 29.3. The van der Waals surface area contributed by atoms with Crippen molar-refractivity contribution in [3.8, 4) is 5.75 Å². The van der Waals surface area contributed by atoms with E-state index in [-0.39, 0.29) is 24.1 Å². The highest BCUT2D eigenvalue weighted by Gasteiger charge is 2.21. The number of benzene rings is 1. The van der Waals surface area contributed by atoms with Gasteiger partial charge in [-0.25, -0.2) is 0 Å². The maximum absolute atomic E-state index is 12.4. The molecule has 0 atom stereocenters. The molecule has 0 spiro atoms. The van der Waals surface area contributed by atoms with Crippen LogP contribution in [0.15, 0.2) is 43.0 Å². The number of rotatable bonds is 8. The van der Waals surface area contributed by atoms with Crippen molar-refractivity contribution < 1.29 is 23.1 Å². The molecule has 2 amide bonds. The first-order valence-corrected chi connectivity index (χ1v) is 8.60. The molecule has 1 aliphatic heterocycles. The first kappa shape index (κ1) is 20.6. The topological polar surface area (TPSA) is 61.9 Å². The Balaban J connectivity index is 1.85. The van der Waals surface area contributed by atoms with Crippen LogP contribution in [0.2, 0.25) is 0 Å². The summed E-state index contributed by atoms with van der Waals surface area (Å²) >= 11 is 0. The normalized spacial score (nSPS) is 15.1. The van der Waals surface area contributed by atoms with Crippen molar-refractivity contribution in [3.63, 3.8) is 0 Å². The van der Waals surface area contributed by atoms with Crippen LogP contribution in [0.5, 0.6) is 5.75 Å². The van der Waals surface area contributed by atoms with Gasteiger partial charge < -0.3 is 15.0 Å². The molecule has 146 valence electrons. The lowest BCUT2D eigenvalue weighted by molar-refractivity contribution is -0.128. The molecule has 2 rings (SSSR count). The lowest BCUT2D eigenvalue weighted by Crippen LogP contribution is -2.50. The van der Waals surface area contributed by atoms with Gasteiger partial charge in [-0.1, -0.05) is 24.3 Å². The summed E-state index contributed by atoms with van der Waals surface area (Å²) in [6.07, 6.45) is 4.43. The van der Waals surface area contributed by atoms with Gasteiger partial charge in [0.2, 0.25) is 11.8 Å². The van der Waals surface area contributed by atoms with Crippen LogP contribution in [-0.4, -0.2) is 67.5 Å². The zero-order chi connectivity index (χ0) is 19.6. The third-order valence-corrected chi connectivity index (χ3v) is 4.04. The summed E-state index contributed by atoms with van der Waals surface area (Å²) in [5.74, 6) is -0.269. The van der Waals surface area contributed by atoms with Gasteiger partial charge >= 0.3 is 6.61 Å². The molecule has 1 saturated heterocycles. The Labute approximate surface area is 157 Å². The summed E-state index contributed by atoms with van der Waals surface area (Å²) in [6, 6.07) is 6.29. The van der Waals surface area contributed by atoms with E-state index >= 15 is 0 Å². The number of halogens is 2. The average molecular weight is 379 g/mol. The van der Waals surface area contributed by atoms with Crippen LogP contribution in [0.3, 0.4) is 0 Å². The molecule has 1 N–H and O–H groups in total. The highest BCUT2D eigenvalue weighted by molar-refractivity contribution is 5.92. The number of hydrogen-bond donors (Lipinski definition) is 1. The number of alkyl halides is 2. The quantitative estimate of drug-likeness (QED) is 0.552. The lowest BCUT2D eigenvalue weighted by Gasteiger charge is -2.33. The third-order valence-electron chi connectivity index (χ3n) is 4.04. The molecular formula is C19H23F2N3O3. The Bertz CT molecular complexity index is 687. The van der Waals surface area contributed by atoms with E-state index in [9.17, 15) is 18.4 Å². The Morgan fingerprint density at radius 1 is 1.22 bits per heavy atom. The number of piperazine rings is 1. The van der Waals surface area contributed by atoms with Crippen molar-refractivity contribution in [2.24, 2.45) is 0 Å². The van der Waals surface area contributed by atoms with E-state index in [4.69, 9.17) is 0 Å². The second-order valence-electron chi connectivity index (χ2n) is 5.94. The molecule has 1 aromatic rings. The maximum atomic E-state index is 12.4. The van der Waals surface area contributed by atoms with Gasteiger partial charge in [0.25, 0.3) is 0 Å². The van der Waals surface area contributed by atoms with Crippen LogP contribution in [0.25, 0.3) is 6.08 Å². The van der Waals surface area contributed by atoms with Crippen LogP contribution in [0, 0.1) is 0 Å². The number of ether oxygens (including phenoxy) is 1. The monoisotopic (exact) mass is 379 g/mol. The Kier molecular flexibility index (Phi) is 7.94. The molecule has 1 aliphatic rings. The minimum Gasteiger partial charge on any atom is -0.434 e. The van der Waals surface area contributed by atoms with Crippen molar-refractivity contribution in [2.45, 2.75) is 6.61 Å². The van der Waals surface area contributed by atoms with Gasteiger partial charge in [-0.15, -0.1) is 6.58 Å². The van der Waals surface area contributed by atoms with Crippen molar-refractivity contribution in [1.29, 1.82) is 0 Å². The molecule has 1 heterocycles. The first-order chi connectivity index (χ1) is 13.0. The predicted octanol–water partition coefficient (Wildman–Crippen LogP) is 1.75. The summed E-state index contributed by atoms with van der Waals surface area (Å²) in [5.41, 5.74) is 0.406. The molecule has 0 aliphatic carbocycles. The summed E-state index contributed by atoms with van der Waals surface area (Å²) in [7, 11) is 0. The van der Waals surface area contributed by atoms with Gasteiger partial charge in [0.1, 0.15) is 5.75 Å². The van der Waals surface area contributed by atoms with E-state index in [0.717, 1.165) is 0 Å². The second kappa shape index (κ2) is 10.4. The van der Waals surface area contributed by atoms with Gasteiger partial charge in [0.05, 0.1) is 6.54 Å². The molecule has 8 heteroatoms. The van der Waals surface area contributed by atoms with E-state index in [1.807, 2.05) is 4.90 Å². The second-order valence-corrected chi connectivity index (χ2v) is 5.94. The van der Waals surface area contributed by atoms with Crippen molar-refractivity contribution >= 4 is 17.9 Å². The fourth-order valence-electron chi connectivity index (χ4n) is 2.66. The molecule has 0 aromatic heterocycles. The van der Waals surface area contributed by atoms with Crippen LogP contribution < -0.4 is 10.1 Å². The number of para-hydroxylation sites is 1. The molecule has 0 radical (unpaired) electrons. The highest BCUT2D eigenvalue weighted by atomic mass is 19.3. The predicted molar refractivity (Wildman–Crippen MR) is 98.3 cm³/mol. The number of nitrogens with zero attached hydrogens (tertiary/aromatic N) is 2. The number of amides is 2. The van der Waals surface area contributed by atoms with Crippen LogP contribution in [-0.2, 0) is 9.59 Å². The molecule has 27 heavy (non-hydrogen) atoms. The van der Waals surface area contributed by atoms with Crippen molar-refractivity contribution in [1.82, 2.24) is 15.1 Å². The average Bonchev–Trinajstić information content (AvgIpc) is 2.65. The Morgan fingerprint density at radius 3 is 2.59 bits per heavy atom. The highest BCUT2D eigenvalue weighted by Crippen LogP contribution is 2.21. The van der Waals surface area contributed by atoms with E-state index in [0.29, 0.717) is 38.3 Å². The Morgan fingerprint density at radius 2 is 1.93 bits per heavy atom. The number of hydrogen-bond acceptors (Lipinski definition) is 4.